The first-order valence-corrected chi connectivity index (χ1v) is 9.07. The van der Waals surface area contributed by atoms with Crippen molar-refractivity contribution in [2.75, 3.05) is 6.26 Å². The van der Waals surface area contributed by atoms with Gasteiger partial charge >= 0.3 is 6.18 Å². The minimum Gasteiger partial charge on any atom is -0.260 e. The molecule has 2 rings (SSSR count). The van der Waals surface area contributed by atoms with Gasteiger partial charge in [-0.05, 0) is 23.8 Å². The molecule has 7 heteroatoms. The van der Waals surface area contributed by atoms with Gasteiger partial charge in [0.1, 0.15) is 0 Å². The molecule has 0 aliphatic heterocycles. The summed E-state index contributed by atoms with van der Waals surface area (Å²) in [5, 5.41) is 0. The van der Waals surface area contributed by atoms with Crippen LogP contribution in [0, 0.1) is 0 Å². The van der Waals surface area contributed by atoms with E-state index in [2.05, 4.69) is 4.98 Å². The molecule has 0 spiro atoms. The second-order valence-corrected chi connectivity index (χ2v) is 8.68. The third-order valence-corrected chi connectivity index (χ3v) is 4.70. The highest BCUT2D eigenvalue weighted by Crippen LogP contribution is 2.38. The molecule has 130 valence electrons. The van der Waals surface area contributed by atoms with Crippen molar-refractivity contribution >= 4 is 9.84 Å². The van der Waals surface area contributed by atoms with Gasteiger partial charge in [-0.25, -0.2) is 8.42 Å². The van der Waals surface area contributed by atoms with Crippen LogP contribution in [0.4, 0.5) is 13.2 Å². The van der Waals surface area contributed by atoms with Crippen LogP contribution >= 0.6 is 0 Å². The Morgan fingerprint density at radius 3 is 1.96 bits per heavy atom. The van der Waals surface area contributed by atoms with E-state index in [0.717, 1.165) is 12.3 Å². The Labute approximate surface area is 139 Å². The minimum absolute atomic E-state index is 0.0547. The molecule has 1 aromatic heterocycles. The van der Waals surface area contributed by atoms with Gasteiger partial charge in [-0.3, -0.25) is 4.98 Å². The maximum atomic E-state index is 13.4. The van der Waals surface area contributed by atoms with Crippen LogP contribution in [-0.4, -0.2) is 19.7 Å². The van der Waals surface area contributed by atoms with Crippen LogP contribution in [-0.2, 0) is 21.4 Å². The molecule has 1 aromatic carbocycles. The van der Waals surface area contributed by atoms with Crippen LogP contribution in [0.5, 0.6) is 0 Å². The maximum absolute atomic E-state index is 13.4. The van der Waals surface area contributed by atoms with E-state index in [4.69, 9.17) is 0 Å². The number of nitrogens with zero attached hydrogens (tertiary/aromatic N) is 1. The summed E-state index contributed by atoms with van der Waals surface area (Å²) < 4.78 is 63.3. The van der Waals surface area contributed by atoms with Crippen molar-refractivity contribution in [3.8, 4) is 11.1 Å². The molecule has 0 unspecified atom stereocenters. The smallest absolute Gasteiger partial charge is 0.260 e. The second kappa shape index (κ2) is 5.88. The van der Waals surface area contributed by atoms with Gasteiger partial charge in [-0.1, -0.05) is 32.9 Å². The quantitative estimate of drug-likeness (QED) is 0.797. The number of sulfone groups is 1. The van der Waals surface area contributed by atoms with Crippen molar-refractivity contribution in [1.82, 2.24) is 4.98 Å². The predicted octanol–water partition coefficient (Wildman–Crippen LogP) is 4.47. The number of hydrogen-bond donors (Lipinski definition) is 0. The molecule has 1 heterocycles. The number of halogens is 3. The summed E-state index contributed by atoms with van der Waals surface area (Å²) in [5.74, 6) is 0. The molecular formula is C17H18F3NO2S. The van der Waals surface area contributed by atoms with Crippen LogP contribution < -0.4 is 0 Å². The number of rotatable bonds is 2. The topological polar surface area (TPSA) is 47.0 Å². The summed E-state index contributed by atoms with van der Waals surface area (Å²) in [6.45, 7) is 5.36. The second-order valence-electron chi connectivity index (χ2n) is 6.66. The Bertz CT molecular complexity index is 849. The number of benzene rings is 1. The third kappa shape index (κ3) is 3.95. The van der Waals surface area contributed by atoms with Gasteiger partial charge in [0.15, 0.2) is 9.84 Å². The van der Waals surface area contributed by atoms with Gasteiger partial charge in [0, 0.05) is 29.1 Å². The summed E-state index contributed by atoms with van der Waals surface area (Å²) >= 11 is 0. The largest absolute Gasteiger partial charge is 0.417 e. The van der Waals surface area contributed by atoms with E-state index < -0.39 is 27.0 Å². The zero-order chi connectivity index (χ0) is 18.3. The van der Waals surface area contributed by atoms with E-state index >= 15 is 0 Å². The van der Waals surface area contributed by atoms with Crippen LogP contribution in [0.25, 0.3) is 11.1 Å². The van der Waals surface area contributed by atoms with Crippen molar-refractivity contribution in [1.29, 1.82) is 0 Å². The Hall–Kier alpha value is -1.89. The monoisotopic (exact) mass is 357 g/mol. The van der Waals surface area contributed by atoms with E-state index in [1.54, 1.807) is 20.8 Å². The van der Waals surface area contributed by atoms with Crippen molar-refractivity contribution in [2.24, 2.45) is 0 Å². The lowest BCUT2D eigenvalue weighted by Crippen LogP contribution is -2.17. The Morgan fingerprint density at radius 2 is 1.54 bits per heavy atom. The lowest BCUT2D eigenvalue weighted by atomic mass is 9.89. The summed E-state index contributed by atoms with van der Waals surface area (Å²) in [7, 11) is -3.40. The average molecular weight is 357 g/mol. The lowest BCUT2D eigenvalue weighted by Gasteiger charge is -2.21. The van der Waals surface area contributed by atoms with Crippen molar-refractivity contribution in [2.45, 2.75) is 37.3 Å². The highest BCUT2D eigenvalue weighted by molar-refractivity contribution is 7.90. The summed E-state index contributed by atoms with van der Waals surface area (Å²) in [4.78, 5) is 4.21. The average Bonchev–Trinajstić information content (AvgIpc) is 2.44. The number of alkyl halides is 3. The molecule has 0 aliphatic carbocycles. The maximum Gasteiger partial charge on any atom is 0.417 e. The van der Waals surface area contributed by atoms with Crippen LogP contribution in [0.2, 0.25) is 0 Å². The zero-order valence-corrected chi connectivity index (χ0v) is 14.6. The molecule has 0 saturated heterocycles. The summed E-state index contributed by atoms with van der Waals surface area (Å²) in [5.41, 5.74) is -0.766. The molecule has 0 saturated carbocycles. The fourth-order valence-corrected chi connectivity index (χ4v) is 2.84. The van der Waals surface area contributed by atoms with Crippen LogP contribution in [0.3, 0.4) is 0 Å². The van der Waals surface area contributed by atoms with E-state index in [1.165, 1.54) is 30.5 Å². The van der Waals surface area contributed by atoms with Crippen LogP contribution in [0.1, 0.15) is 32.0 Å². The first-order valence-electron chi connectivity index (χ1n) is 7.18. The Morgan fingerprint density at radius 1 is 1.00 bits per heavy atom. The van der Waals surface area contributed by atoms with E-state index in [0.29, 0.717) is 5.69 Å². The van der Waals surface area contributed by atoms with Crippen molar-refractivity contribution < 1.29 is 21.6 Å². The minimum atomic E-state index is -4.53. The molecule has 2 aromatic rings. The standard InChI is InChI=1S/C17H18F3NO2S/c1-16(2,3)15-9-14(17(18,19)20)13(10-21-15)11-5-7-12(8-6-11)24(4,22)23/h5-10H,1-4H3. The van der Waals surface area contributed by atoms with Gasteiger partial charge in [0.2, 0.25) is 0 Å². The number of hydrogen-bond acceptors (Lipinski definition) is 3. The zero-order valence-electron chi connectivity index (χ0n) is 13.8. The van der Waals surface area contributed by atoms with E-state index in [9.17, 15) is 21.6 Å². The Kier molecular flexibility index (Phi) is 4.52. The van der Waals surface area contributed by atoms with Gasteiger partial charge in [-0.2, -0.15) is 13.2 Å². The highest BCUT2D eigenvalue weighted by atomic mass is 32.2. The lowest BCUT2D eigenvalue weighted by molar-refractivity contribution is -0.137. The van der Waals surface area contributed by atoms with Gasteiger partial charge < -0.3 is 0 Å². The van der Waals surface area contributed by atoms with Gasteiger partial charge in [0.25, 0.3) is 0 Å². The van der Waals surface area contributed by atoms with E-state index in [-0.39, 0.29) is 16.0 Å². The molecule has 0 fully saturated rings. The molecule has 0 aliphatic rings. The fraction of sp³-hybridized carbons (Fsp3) is 0.353. The number of pyridine rings is 1. The third-order valence-electron chi connectivity index (χ3n) is 3.57. The van der Waals surface area contributed by atoms with Crippen molar-refractivity contribution in [3.05, 3.63) is 47.8 Å². The summed E-state index contributed by atoms with van der Waals surface area (Å²) in [6, 6.07) is 6.36. The van der Waals surface area contributed by atoms with Gasteiger partial charge in [0.05, 0.1) is 10.5 Å². The normalized spacial score (nSPS) is 13.1. The summed E-state index contributed by atoms with van der Waals surface area (Å²) in [6.07, 6.45) is -2.30. The molecule has 0 atom stereocenters. The van der Waals surface area contributed by atoms with Crippen molar-refractivity contribution in [3.63, 3.8) is 0 Å². The SMILES string of the molecule is CC(C)(C)c1cc(C(F)(F)F)c(-c2ccc(S(C)(=O)=O)cc2)cn1. The highest BCUT2D eigenvalue weighted by Gasteiger charge is 2.35. The molecule has 0 bridgehead atoms. The number of aromatic nitrogens is 1. The molecule has 0 amide bonds. The van der Waals surface area contributed by atoms with Crippen LogP contribution in [0.15, 0.2) is 41.4 Å². The Balaban J connectivity index is 2.62. The van der Waals surface area contributed by atoms with E-state index in [1.807, 2.05) is 0 Å². The molecule has 0 N–H and O–H groups in total. The first-order chi connectivity index (χ1) is 10.8. The fourth-order valence-electron chi connectivity index (χ4n) is 2.21. The molecular weight excluding hydrogens is 339 g/mol. The predicted molar refractivity (Wildman–Crippen MR) is 86.5 cm³/mol. The molecule has 24 heavy (non-hydrogen) atoms. The molecule has 3 nitrogen and oxygen atoms in total. The molecule has 0 radical (unpaired) electrons. The van der Waals surface area contributed by atoms with Gasteiger partial charge in [-0.15, -0.1) is 0 Å². The first kappa shape index (κ1) is 18.4.